The van der Waals surface area contributed by atoms with Crippen molar-refractivity contribution in [3.63, 3.8) is 0 Å². The topological polar surface area (TPSA) is 9.23 Å². The van der Waals surface area contributed by atoms with Gasteiger partial charge < -0.3 is 4.74 Å². The van der Waals surface area contributed by atoms with Gasteiger partial charge in [-0.3, -0.25) is 0 Å². The highest BCUT2D eigenvalue weighted by Gasteiger charge is 2.23. The third-order valence-electron chi connectivity index (χ3n) is 2.37. The van der Waals surface area contributed by atoms with Crippen LogP contribution in [0.4, 0.5) is 0 Å². The quantitative estimate of drug-likeness (QED) is 0.483. The predicted octanol–water partition coefficient (Wildman–Crippen LogP) is 3.25. The van der Waals surface area contributed by atoms with Crippen molar-refractivity contribution in [2.75, 3.05) is 6.23 Å². The highest BCUT2D eigenvalue weighted by Crippen LogP contribution is 2.15. The molecule has 0 spiro atoms. The van der Waals surface area contributed by atoms with Gasteiger partial charge >= 0.3 is 0 Å². The van der Waals surface area contributed by atoms with E-state index in [0.717, 1.165) is 6.23 Å². The lowest BCUT2D eigenvalue weighted by molar-refractivity contribution is 0.156. The number of rotatable bonds is 5. The van der Waals surface area contributed by atoms with Crippen LogP contribution in [0.25, 0.3) is 0 Å². The van der Waals surface area contributed by atoms with E-state index in [1.54, 1.807) is 0 Å². The van der Waals surface area contributed by atoms with Crippen molar-refractivity contribution in [1.29, 1.82) is 0 Å². The van der Waals surface area contributed by atoms with Gasteiger partial charge in [0.1, 0.15) is 5.56 Å². The molecule has 1 nitrogen and oxygen atoms in total. The third kappa shape index (κ3) is 4.83. The van der Waals surface area contributed by atoms with Crippen LogP contribution in [0, 0.1) is 0 Å². The number of hydrogen-bond donors (Lipinski definition) is 0. The molecule has 0 aromatic heterocycles. The Morgan fingerprint density at radius 3 is 2.09 bits per heavy atom. The Labute approximate surface area is 76.1 Å². The average Bonchev–Trinajstić information content (AvgIpc) is 2.00. The minimum absolute atomic E-state index is 0.125. The summed E-state index contributed by atoms with van der Waals surface area (Å²) in [5.41, 5.74) is -0.125. The van der Waals surface area contributed by atoms with Gasteiger partial charge in [-0.25, -0.2) is 0 Å². The van der Waals surface area contributed by atoms with Crippen molar-refractivity contribution in [2.24, 2.45) is 0 Å². The summed E-state index contributed by atoms with van der Waals surface area (Å²) in [6, 6.07) is 2.57. The lowest BCUT2D eigenvalue weighted by Crippen LogP contribution is -2.35. The van der Waals surface area contributed by atoms with Gasteiger partial charge in [-0.1, -0.05) is 44.1 Å². The highest BCUT2D eigenvalue weighted by molar-refractivity contribution is 6.78. The molecule has 0 bridgehead atoms. The number of halogens is 1. The van der Waals surface area contributed by atoms with Crippen LogP contribution < -0.4 is 0 Å². The fraction of sp³-hybridized carbons (Fsp3) is 1.00. The van der Waals surface area contributed by atoms with E-state index in [-0.39, 0.29) is 5.56 Å². The van der Waals surface area contributed by atoms with Gasteiger partial charge in [-0.05, 0) is 6.92 Å². The number of ether oxygens (including phenoxy) is 1. The normalized spacial score (nSPS) is 15.0. The van der Waals surface area contributed by atoms with E-state index >= 15 is 0 Å². The zero-order chi connectivity index (χ0) is 8.91. The average molecular weight is 195 g/mol. The molecule has 0 aromatic rings. The molecule has 0 saturated carbocycles. The molecule has 0 rings (SSSR count). The number of hydrogen-bond acceptors (Lipinski definition) is 1. The lowest BCUT2D eigenvalue weighted by Gasteiger charge is -2.24. The van der Waals surface area contributed by atoms with Crippen LogP contribution >= 0.6 is 11.6 Å². The Morgan fingerprint density at radius 1 is 1.36 bits per heavy atom. The molecule has 0 heterocycles. The van der Waals surface area contributed by atoms with Crippen LogP contribution in [-0.2, 0) is 4.74 Å². The molecule has 0 fully saturated rings. The predicted molar refractivity (Wildman–Crippen MR) is 53.8 cm³/mol. The zero-order valence-corrected chi connectivity index (χ0v) is 9.74. The van der Waals surface area contributed by atoms with E-state index in [4.69, 9.17) is 16.3 Å². The molecule has 1 atom stereocenters. The number of alkyl halides is 1. The third-order valence-corrected chi connectivity index (χ3v) is 6.77. The molecule has 0 aliphatic rings. The second kappa shape index (κ2) is 5.17. The van der Waals surface area contributed by atoms with Gasteiger partial charge in [0.05, 0.1) is 8.07 Å². The fourth-order valence-electron chi connectivity index (χ4n) is 0.770. The summed E-state index contributed by atoms with van der Waals surface area (Å²) in [4.78, 5) is 0. The maximum Gasteiger partial charge on any atom is 0.127 e. The molecule has 0 saturated heterocycles. The molecular formula is C8H19ClOSi. The first kappa shape index (κ1) is 11.5. The summed E-state index contributed by atoms with van der Waals surface area (Å²) in [5.74, 6) is 0. The van der Waals surface area contributed by atoms with Gasteiger partial charge in [0.2, 0.25) is 0 Å². The monoisotopic (exact) mass is 194 g/mol. The summed E-state index contributed by atoms with van der Waals surface area (Å²) in [6.45, 7) is 8.74. The molecule has 0 N–H and O–H groups in total. The van der Waals surface area contributed by atoms with Crippen molar-refractivity contribution in [1.82, 2.24) is 0 Å². The maximum absolute atomic E-state index is 5.70. The first-order valence-electron chi connectivity index (χ1n) is 4.29. The van der Waals surface area contributed by atoms with E-state index in [9.17, 15) is 0 Å². The van der Waals surface area contributed by atoms with Crippen LogP contribution in [0.15, 0.2) is 0 Å². The fourth-order valence-corrected chi connectivity index (χ4v) is 2.50. The highest BCUT2D eigenvalue weighted by atomic mass is 35.5. The van der Waals surface area contributed by atoms with Crippen molar-refractivity contribution >= 4 is 19.7 Å². The van der Waals surface area contributed by atoms with Crippen molar-refractivity contribution in [3.05, 3.63) is 0 Å². The molecule has 3 heteroatoms. The van der Waals surface area contributed by atoms with Gasteiger partial charge in [0, 0.05) is 6.23 Å². The second-order valence-corrected chi connectivity index (χ2v) is 9.31. The van der Waals surface area contributed by atoms with E-state index in [1.807, 2.05) is 6.92 Å². The molecule has 11 heavy (non-hydrogen) atoms. The van der Waals surface area contributed by atoms with Crippen LogP contribution in [0.3, 0.4) is 0 Å². The van der Waals surface area contributed by atoms with Crippen molar-refractivity contribution < 1.29 is 4.74 Å². The molecular weight excluding hydrogens is 176 g/mol. The summed E-state index contributed by atoms with van der Waals surface area (Å²) in [5, 5.41) is 0. The molecule has 0 aliphatic heterocycles. The molecule has 0 aromatic carbocycles. The smallest absolute Gasteiger partial charge is 0.127 e. The largest absolute Gasteiger partial charge is 0.366 e. The minimum Gasteiger partial charge on any atom is -0.366 e. The zero-order valence-electron chi connectivity index (χ0n) is 7.98. The SMILES string of the molecule is CC[Si](C)(CC)COC(C)Cl. The van der Waals surface area contributed by atoms with Crippen molar-refractivity contribution in [2.45, 2.75) is 45.0 Å². The van der Waals surface area contributed by atoms with E-state index < -0.39 is 8.07 Å². The van der Waals surface area contributed by atoms with Crippen LogP contribution in [0.1, 0.15) is 20.8 Å². The Hall–Kier alpha value is 0.467. The summed E-state index contributed by atoms with van der Waals surface area (Å²) >= 11 is 5.70. The van der Waals surface area contributed by atoms with Crippen molar-refractivity contribution in [3.8, 4) is 0 Å². The van der Waals surface area contributed by atoms with Crippen LogP contribution in [0.2, 0.25) is 18.6 Å². The van der Waals surface area contributed by atoms with Gasteiger partial charge in [-0.2, -0.15) is 0 Å². The maximum atomic E-state index is 5.70. The molecule has 0 aliphatic carbocycles. The summed E-state index contributed by atoms with van der Waals surface area (Å²) < 4.78 is 5.42. The van der Waals surface area contributed by atoms with Gasteiger partial charge in [0.15, 0.2) is 0 Å². The molecule has 0 radical (unpaired) electrons. The molecule has 0 amide bonds. The first-order valence-corrected chi connectivity index (χ1v) is 7.85. The summed E-state index contributed by atoms with van der Waals surface area (Å²) in [6.07, 6.45) is 0.907. The lowest BCUT2D eigenvalue weighted by atomic mass is 10.9. The molecule has 1 unspecified atom stereocenters. The first-order chi connectivity index (χ1) is 5.04. The Balaban J connectivity index is 3.69. The van der Waals surface area contributed by atoms with Crippen LogP contribution in [0.5, 0.6) is 0 Å². The Bertz CT molecular complexity index is 102. The van der Waals surface area contributed by atoms with E-state index in [0.29, 0.717) is 0 Å². The Morgan fingerprint density at radius 2 is 1.82 bits per heavy atom. The summed E-state index contributed by atoms with van der Waals surface area (Å²) in [7, 11) is -1.07. The molecule has 68 valence electrons. The van der Waals surface area contributed by atoms with Gasteiger partial charge in [0.25, 0.3) is 0 Å². The standard InChI is InChI=1S/C8H19ClOSi/c1-5-11(4,6-2)7-10-8(3)9/h8H,5-7H2,1-4H3. The Kier molecular flexibility index (Phi) is 5.39. The minimum atomic E-state index is -1.07. The van der Waals surface area contributed by atoms with Crippen LogP contribution in [-0.4, -0.2) is 19.9 Å². The van der Waals surface area contributed by atoms with Gasteiger partial charge in [-0.15, -0.1) is 0 Å². The van der Waals surface area contributed by atoms with E-state index in [1.165, 1.54) is 12.1 Å². The van der Waals surface area contributed by atoms with E-state index in [2.05, 4.69) is 20.4 Å². The second-order valence-electron chi connectivity index (χ2n) is 3.37.